The second kappa shape index (κ2) is 7.29. The second-order valence-corrected chi connectivity index (χ2v) is 11.5. The lowest BCUT2D eigenvalue weighted by molar-refractivity contribution is 0.244. The van der Waals surface area contributed by atoms with Gasteiger partial charge in [0.25, 0.3) is 0 Å². The van der Waals surface area contributed by atoms with E-state index in [1.54, 1.807) is 0 Å². The van der Waals surface area contributed by atoms with Crippen LogP contribution in [0.15, 0.2) is 121 Å². The predicted octanol–water partition coefficient (Wildman–Crippen LogP) is 9.62. The van der Waals surface area contributed by atoms with Crippen molar-refractivity contribution >= 4 is 43.6 Å². The largest absolute Gasteiger partial charge is 0.457 e. The fourth-order valence-electron chi connectivity index (χ4n) is 7.41. The predicted molar refractivity (Wildman–Crippen MR) is 165 cm³/mol. The fraction of sp³-hybridized carbons (Fsp3) is 0.0811. The van der Waals surface area contributed by atoms with Crippen LogP contribution in [0.5, 0.6) is 17.2 Å². The maximum atomic E-state index is 6.47. The monoisotopic (exact) mass is 528 g/mol. The number of rotatable bonds is 1. The number of nitrogens with zero attached hydrogens (tertiary/aromatic N) is 2. The summed E-state index contributed by atoms with van der Waals surface area (Å²) >= 11 is 0. The fourth-order valence-corrected chi connectivity index (χ4v) is 7.41. The number of allylic oxidation sites excluding steroid dienone is 4. The second-order valence-electron chi connectivity index (χ2n) is 11.5. The number of ether oxygens (including phenoxy) is 2. The average molecular weight is 529 g/mol. The van der Waals surface area contributed by atoms with Crippen LogP contribution in [0.4, 0.5) is 0 Å². The van der Waals surface area contributed by atoms with Crippen LogP contribution in [0.1, 0.15) is 13.3 Å². The lowest BCUT2D eigenvalue weighted by Crippen LogP contribution is -2.37. The van der Waals surface area contributed by atoms with Crippen LogP contribution in [0.3, 0.4) is 0 Å². The first-order valence-corrected chi connectivity index (χ1v) is 14.2. The van der Waals surface area contributed by atoms with E-state index in [1.807, 2.05) is 12.1 Å². The first-order valence-electron chi connectivity index (χ1n) is 14.2. The molecule has 0 radical (unpaired) electrons. The molecule has 7 aromatic rings. The van der Waals surface area contributed by atoms with Crippen molar-refractivity contribution in [3.05, 3.63) is 121 Å². The summed E-state index contributed by atoms with van der Waals surface area (Å²) in [6.07, 6.45) is 7.37. The van der Waals surface area contributed by atoms with Gasteiger partial charge in [-0.1, -0.05) is 60.7 Å². The molecule has 0 N–H and O–H groups in total. The number of hydrogen-bond donors (Lipinski definition) is 0. The highest BCUT2D eigenvalue weighted by molar-refractivity contribution is 6.14. The van der Waals surface area contributed by atoms with E-state index in [9.17, 15) is 0 Å². The number of aromatic nitrogens is 2. The molecule has 1 aliphatic carbocycles. The Morgan fingerprint density at radius 2 is 1.32 bits per heavy atom. The van der Waals surface area contributed by atoms with Crippen molar-refractivity contribution < 1.29 is 9.47 Å². The Bertz CT molecular complexity index is 2370. The molecular weight excluding hydrogens is 504 g/mol. The molecule has 4 heterocycles. The van der Waals surface area contributed by atoms with Gasteiger partial charge in [-0.2, -0.15) is 0 Å². The average Bonchev–Trinajstić information content (AvgIpc) is 3.53. The Hall–Kier alpha value is -5.22. The number of fused-ring (bicyclic) bond motifs is 10. The maximum absolute atomic E-state index is 6.47. The molecule has 41 heavy (non-hydrogen) atoms. The zero-order chi connectivity index (χ0) is 26.9. The SMILES string of the molecule is CC12CC=CC=C1Oc1cccc3c4cc(-c5ccc6c(c5)c5cccc7c5n6-c5ccccc5O7)ccc4n2c13. The Balaban J connectivity index is 1.22. The molecule has 1 atom stereocenters. The van der Waals surface area contributed by atoms with Gasteiger partial charge in [-0.25, -0.2) is 0 Å². The van der Waals surface area contributed by atoms with Gasteiger partial charge in [-0.3, -0.25) is 0 Å². The van der Waals surface area contributed by atoms with E-state index in [1.165, 1.54) is 49.2 Å². The van der Waals surface area contributed by atoms with Gasteiger partial charge in [0.1, 0.15) is 11.3 Å². The van der Waals surface area contributed by atoms with Gasteiger partial charge in [0.15, 0.2) is 17.2 Å². The van der Waals surface area contributed by atoms with E-state index in [0.717, 1.165) is 40.6 Å². The first-order chi connectivity index (χ1) is 20.2. The molecule has 10 rings (SSSR count). The highest BCUT2D eigenvalue weighted by Gasteiger charge is 2.40. The summed E-state index contributed by atoms with van der Waals surface area (Å²) in [6.45, 7) is 2.29. The minimum Gasteiger partial charge on any atom is -0.457 e. The molecule has 0 saturated heterocycles. The maximum Gasteiger partial charge on any atom is 0.152 e. The lowest BCUT2D eigenvalue weighted by Gasteiger charge is -2.39. The number of hydrogen-bond acceptors (Lipinski definition) is 2. The summed E-state index contributed by atoms with van der Waals surface area (Å²) in [7, 11) is 0. The highest BCUT2D eigenvalue weighted by Crippen LogP contribution is 2.50. The van der Waals surface area contributed by atoms with Crippen LogP contribution in [0.25, 0.3) is 60.4 Å². The summed E-state index contributed by atoms with van der Waals surface area (Å²) in [4.78, 5) is 0. The van der Waals surface area contributed by atoms with E-state index < -0.39 is 0 Å². The smallest absolute Gasteiger partial charge is 0.152 e. The summed E-state index contributed by atoms with van der Waals surface area (Å²) < 4.78 is 17.6. The third-order valence-corrected chi connectivity index (χ3v) is 9.30. The van der Waals surface area contributed by atoms with Gasteiger partial charge in [0.2, 0.25) is 0 Å². The van der Waals surface area contributed by atoms with Gasteiger partial charge >= 0.3 is 0 Å². The molecule has 0 bridgehead atoms. The molecule has 2 aromatic heterocycles. The van der Waals surface area contributed by atoms with Gasteiger partial charge in [-0.15, -0.1) is 0 Å². The van der Waals surface area contributed by atoms with Gasteiger partial charge in [-0.05, 0) is 79.1 Å². The van der Waals surface area contributed by atoms with Crippen molar-refractivity contribution in [3.8, 4) is 34.1 Å². The molecular formula is C37H24N2O2. The van der Waals surface area contributed by atoms with Crippen LogP contribution in [0, 0.1) is 0 Å². The van der Waals surface area contributed by atoms with Crippen molar-refractivity contribution in [2.24, 2.45) is 0 Å². The molecule has 0 saturated carbocycles. The summed E-state index contributed by atoms with van der Waals surface area (Å²) in [5.41, 5.74) is 7.98. The summed E-state index contributed by atoms with van der Waals surface area (Å²) in [6, 6.07) is 34.8. The van der Waals surface area contributed by atoms with E-state index >= 15 is 0 Å². The highest BCUT2D eigenvalue weighted by atomic mass is 16.5. The molecule has 1 unspecified atom stereocenters. The first kappa shape index (κ1) is 21.6. The molecule has 194 valence electrons. The van der Waals surface area contributed by atoms with E-state index in [0.29, 0.717) is 0 Å². The quantitative estimate of drug-likeness (QED) is 0.212. The van der Waals surface area contributed by atoms with E-state index in [-0.39, 0.29) is 5.54 Å². The Morgan fingerprint density at radius 3 is 2.15 bits per heavy atom. The molecule has 0 amide bonds. The van der Waals surface area contributed by atoms with Crippen molar-refractivity contribution in [2.75, 3.05) is 0 Å². The van der Waals surface area contributed by atoms with Crippen LogP contribution in [-0.2, 0) is 5.54 Å². The minimum absolute atomic E-state index is 0.242. The van der Waals surface area contributed by atoms with E-state index in [2.05, 4.69) is 119 Å². The van der Waals surface area contributed by atoms with Crippen LogP contribution in [-0.4, -0.2) is 9.13 Å². The van der Waals surface area contributed by atoms with Gasteiger partial charge in [0.05, 0.1) is 27.8 Å². The summed E-state index contributed by atoms with van der Waals surface area (Å²) in [5, 5.41) is 4.92. The van der Waals surface area contributed by atoms with Crippen molar-refractivity contribution in [1.29, 1.82) is 0 Å². The number of para-hydroxylation sites is 4. The van der Waals surface area contributed by atoms with Gasteiger partial charge in [0, 0.05) is 21.5 Å². The molecule has 5 aromatic carbocycles. The van der Waals surface area contributed by atoms with Crippen LogP contribution >= 0.6 is 0 Å². The lowest BCUT2D eigenvalue weighted by atomic mass is 9.89. The molecule has 4 heteroatoms. The molecule has 0 spiro atoms. The van der Waals surface area contributed by atoms with Crippen molar-refractivity contribution in [1.82, 2.24) is 9.13 Å². The normalized spacial score (nSPS) is 18.3. The third-order valence-electron chi connectivity index (χ3n) is 9.30. The molecule has 0 fully saturated rings. The Morgan fingerprint density at radius 1 is 0.634 bits per heavy atom. The molecule has 2 aliphatic heterocycles. The summed E-state index contributed by atoms with van der Waals surface area (Å²) in [5.74, 6) is 3.72. The standard InChI is InChI=1S/C37H24N2O2/c1-37-19-5-4-14-34(37)41-33-13-7-9-25-27-21-23(16-18-29(27)39(37)36(25)33)22-15-17-28-26(20-22)24-8-6-12-32-35(24)38(28)30-10-2-3-11-31(30)40-32/h2-18,20-21H,19H2,1H3. The van der Waals surface area contributed by atoms with Crippen molar-refractivity contribution in [2.45, 2.75) is 18.9 Å². The van der Waals surface area contributed by atoms with Crippen molar-refractivity contribution in [3.63, 3.8) is 0 Å². The number of benzene rings is 5. The minimum atomic E-state index is -0.242. The third kappa shape index (κ3) is 2.60. The van der Waals surface area contributed by atoms with Gasteiger partial charge < -0.3 is 18.6 Å². The van der Waals surface area contributed by atoms with Crippen LogP contribution < -0.4 is 9.47 Å². The molecule has 3 aliphatic rings. The topological polar surface area (TPSA) is 28.3 Å². The molecule has 4 nitrogen and oxygen atoms in total. The Labute approximate surface area is 235 Å². The zero-order valence-corrected chi connectivity index (χ0v) is 22.4. The van der Waals surface area contributed by atoms with Crippen LogP contribution in [0.2, 0.25) is 0 Å². The Kier molecular flexibility index (Phi) is 3.84. The van der Waals surface area contributed by atoms with E-state index in [4.69, 9.17) is 9.47 Å². The zero-order valence-electron chi connectivity index (χ0n) is 22.4.